The molecule has 140 valence electrons. The number of hydrogen-bond donors (Lipinski definition) is 5. The Hall–Kier alpha value is -2.16. The number of ether oxygens (including phenoxy) is 1. The fourth-order valence-corrected chi connectivity index (χ4v) is 2.20. The van der Waals surface area contributed by atoms with E-state index in [0.29, 0.717) is 5.75 Å². The zero-order valence-electron chi connectivity index (χ0n) is 14.8. The van der Waals surface area contributed by atoms with Gasteiger partial charge >= 0.3 is 5.97 Å². The van der Waals surface area contributed by atoms with Gasteiger partial charge in [-0.3, -0.25) is 15.3 Å². The lowest BCUT2D eigenvalue weighted by atomic mass is 9.89. The van der Waals surface area contributed by atoms with Crippen molar-refractivity contribution < 1.29 is 29.7 Å². The molecule has 0 radical (unpaired) electrons. The minimum atomic E-state index is -1.03. The van der Waals surface area contributed by atoms with Gasteiger partial charge in [0.25, 0.3) is 5.91 Å². The fraction of sp³-hybridized carbons (Fsp3) is 0.529. The monoisotopic (exact) mass is 354 g/mol. The van der Waals surface area contributed by atoms with Crippen molar-refractivity contribution in [1.29, 1.82) is 0 Å². The number of hydrogen-bond acceptors (Lipinski definition) is 6. The first-order valence-electron chi connectivity index (χ1n) is 7.90. The Kier molecular flexibility index (Phi) is 7.35. The van der Waals surface area contributed by atoms with E-state index < -0.39 is 35.5 Å². The smallest absolute Gasteiger partial charge is 0.345 e. The molecule has 0 saturated carbocycles. The van der Waals surface area contributed by atoms with E-state index in [1.807, 2.05) is 0 Å². The summed E-state index contributed by atoms with van der Waals surface area (Å²) in [5.41, 5.74) is 1.74. The molecule has 1 aromatic carbocycles. The minimum absolute atomic E-state index is 0.269. The van der Waals surface area contributed by atoms with Crippen LogP contribution in [0.1, 0.15) is 33.3 Å². The summed E-state index contributed by atoms with van der Waals surface area (Å²) in [7, 11) is 0. The highest BCUT2D eigenvalue weighted by Gasteiger charge is 2.33. The summed E-state index contributed by atoms with van der Waals surface area (Å²) in [4.78, 5) is 22.8. The lowest BCUT2D eigenvalue weighted by Crippen LogP contribution is -2.49. The van der Waals surface area contributed by atoms with Crippen molar-refractivity contribution in [1.82, 2.24) is 10.8 Å². The topological polar surface area (TPSA) is 128 Å². The first kappa shape index (κ1) is 20.9. The van der Waals surface area contributed by atoms with Crippen LogP contribution in [0.25, 0.3) is 0 Å². The maximum atomic E-state index is 11.4. The molecule has 1 amide bonds. The highest BCUT2D eigenvalue weighted by atomic mass is 16.5. The number of benzene rings is 1. The molecule has 0 aliphatic rings. The van der Waals surface area contributed by atoms with Gasteiger partial charge in [0.05, 0.1) is 6.10 Å². The van der Waals surface area contributed by atoms with Crippen molar-refractivity contribution >= 4 is 11.9 Å². The molecule has 0 aliphatic carbocycles. The standard InChI is InChI=1S/C17H26N2O6/c1-10(20)13(15(21)19-24)18-9-11-5-7-12(8-6-11)25-14(16(22)23)17(2,3)4/h5-8,10,13-14,18,20,24H,9H2,1-4H3,(H,19,21)(H,22,23)/t10-,13+,14?/m1/s1. The predicted octanol–water partition coefficient (Wildman–Crippen LogP) is 0.909. The molecule has 8 heteroatoms. The van der Waals surface area contributed by atoms with Crippen LogP contribution in [0, 0.1) is 5.41 Å². The largest absolute Gasteiger partial charge is 0.478 e. The van der Waals surface area contributed by atoms with E-state index in [-0.39, 0.29) is 6.54 Å². The summed E-state index contributed by atoms with van der Waals surface area (Å²) in [6.45, 7) is 7.05. The normalized spacial score (nSPS) is 15.1. The summed E-state index contributed by atoms with van der Waals surface area (Å²) in [6, 6.07) is 5.77. The van der Waals surface area contributed by atoms with Gasteiger partial charge in [0, 0.05) is 12.0 Å². The van der Waals surface area contributed by atoms with Crippen LogP contribution in [0.4, 0.5) is 0 Å². The quantitative estimate of drug-likeness (QED) is 0.347. The Morgan fingerprint density at radius 1 is 1.20 bits per heavy atom. The van der Waals surface area contributed by atoms with Gasteiger partial charge in [-0.1, -0.05) is 32.9 Å². The SMILES string of the molecule is C[C@@H](O)[C@H](NCc1ccc(OC(C(=O)O)C(C)(C)C)cc1)C(=O)NO. The molecular formula is C17H26N2O6. The number of nitrogens with one attached hydrogen (secondary N) is 2. The number of carboxylic acid groups (broad SMARTS) is 1. The van der Waals surface area contributed by atoms with Crippen molar-refractivity contribution in [3.8, 4) is 5.75 Å². The lowest BCUT2D eigenvalue weighted by molar-refractivity contribution is -0.150. The molecule has 1 aromatic rings. The van der Waals surface area contributed by atoms with Crippen molar-refractivity contribution in [2.45, 2.75) is 52.5 Å². The number of aliphatic hydroxyl groups excluding tert-OH is 1. The molecule has 0 heterocycles. The van der Waals surface area contributed by atoms with Crippen LogP contribution in [0.3, 0.4) is 0 Å². The third kappa shape index (κ3) is 6.33. The van der Waals surface area contributed by atoms with Crippen molar-refractivity contribution in [3.05, 3.63) is 29.8 Å². The number of carbonyl (C=O) groups excluding carboxylic acids is 1. The minimum Gasteiger partial charge on any atom is -0.478 e. The molecule has 5 N–H and O–H groups in total. The summed E-state index contributed by atoms with van der Waals surface area (Å²) in [5.74, 6) is -1.34. The Labute approximate surface area is 146 Å². The number of aliphatic hydroxyl groups is 1. The molecule has 0 saturated heterocycles. The van der Waals surface area contributed by atoms with Crippen LogP contribution in [0.15, 0.2) is 24.3 Å². The van der Waals surface area contributed by atoms with E-state index in [1.54, 1.807) is 45.0 Å². The van der Waals surface area contributed by atoms with E-state index in [9.17, 15) is 19.8 Å². The molecule has 8 nitrogen and oxygen atoms in total. The maximum Gasteiger partial charge on any atom is 0.345 e. The molecule has 0 fully saturated rings. The Bertz CT molecular complexity index is 580. The first-order chi connectivity index (χ1) is 11.6. The van der Waals surface area contributed by atoms with Gasteiger partial charge < -0.3 is 14.9 Å². The second kappa shape index (κ2) is 8.80. The van der Waals surface area contributed by atoms with Gasteiger partial charge in [-0.15, -0.1) is 0 Å². The molecule has 1 rings (SSSR count). The van der Waals surface area contributed by atoms with E-state index in [0.717, 1.165) is 5.56 Å². The fourth-order valence-electron chi connectivity index (χ4n) is 2.20. The number of rotatable bonds is 8. The summed E-state index contributed by atoms with van der Waals surface area (Å²) in [5, 5.41) is 30.3. The van der Waals surface area contributed by atoms with Crippen LogP contribution in [0.5, 0.6) is 5.75 Å². The molecule has 25 heavy (non-hydrogen) atoms. The Morgan fingerprint density at radius 2 is 1.76 bits per heavy atom. The van der Waals surface area contributed by atoms with Crippen molar-refractivity contribution in [3.63, 3.8) is 0 Å². The lowest BCUT2D eigenvalue weighted by Gasteiger charge is -2.27. The number of aliphatic carboxylic acids is 1. The van der Waals surface area contributed by atoms with Gasteiger partial charge in [-0.05, 0) is 24.6 Å². The van der Waals surface area contributed by atoms with E-state index in [2.05, 4.69) is 5.32 Å². The Balaban J connectivity index is 2.73. The number of hydroxylamine groups is 1. The van der Waals surface area contributed by atoms with Gasteiger partial charge in [0.15, 0.2) is 6.10 Å². The van der Waals surface area contributed by atoms with Crippen LogP contribution in [-0.2, 0) is 16.1 Å². The molecule has 0 bridgehead atoms. The molecule has 0 spiro atoms. The van der Waals surface area contributed by atoms with Gasteiger partial charge in [0.2, 0.25) is 0 Å². The highest BCUT2D eigenvalue weighted by molar-refractivity contribution is 5.81. The second-order valence-corrected chi connectivity index (χ2v) is 6.92. The van der Waals surface area contributed by atoms with Gasteiger partial charge in [0.1, 0.15) is 11.8 Å². The molecule has 0 aliphatic heterocycles. The summed E-state index contributed by atoms with van der Waals surface area (Å²) in [6.07, 6.45) is -1.97. The van der Waals surface area contributed by atoms with Gasteiger partial charge in [-0.2, -0.15) is 0 Å². The Morgan fingerprint density at radius 3 is 2.16 bits per heavy atom. The average molecular weight is 354 g/mol. The van der Waals surface area contributed by atoms with Crippen LogP contribution in [0.2, 0.25) is 0 Å². The molecular weight excluding hydrogens is 328 g/mol. The zero-order chi connectivity index (χ0) is 19.2. The molecule has 3 atom stereocenters. The van der Waals surface area contributed by atoms with Gasteiger partial charge in [-0.25, -0.2) is 10.3 Å². The third-order valence-corrected chi connectivity index (χ3v) is 3.59. The average Bonchev–Trinajstić information content (AvgIpc) is 2.51. The molecule has 0 aromatic heterocycles. The van der Waals surface area contributed by atoms with E-state index in [1.165, 1.54) is 12.4 Å². The van der Waals surface area contributed by atoms with Crippen LogP contribution >= 0.6 is 0 Å². The van der Waals surface area contributed by atoms with Crippen molar-refractivity contribution in [2.75, 3.05) is 0 Å². The third-order valence-electron chi connectivity index (χ3n) is 3.59. The first-order valence-corrected chi connectivity index (χ1v) is 7.90. The van der Waals surface area contributed by atoms with E-state index >= 15 is 0 Å². The van der Waals surface area contributed by atoms with Crippen LogP contribution in [-0.4, -0.2) is 45.5 Å². The van der Waals surface area contributed by atoms with E-state index in [4.69, 9.17) is 9.94 Å². The number of carbonyl (C=O) groups is 2. The summed E-state index contributed by atoms with van der Waals surface area (Å²) >= 11 is 0. The highest BCUT2D eigenvalue weighted by Crippen LogP contribution is 2.25. The second-order valence-electron chi connectivity index (χ2n) is 6.92. The number of carboxylic acids is 1. The molecule has 1 unspecified atom stereocenters. The maximum absolute atomic E-state index is 11.4. The predicted molar refractivity (Wildman–Crippen MR) is 90.2 cm³/mol. The zero-order valence-corrected chi connectivity index (χ0v) is 14.8. The number of amides is 1. The van der Waals surface area contributed by atoms with Crippen molar-refractivity contribution in [2.24, 2.45) is 5.41 Å². The summed E-state index contributed by atoms with van der Waals surface area (Å²) < 4.78 is 5.56. The van der Waals surface area contributed by atoms with Crippen LogP contribution < -0.4 is 15.5 Å².